The standard InChI is InChI=1S/C22H20F2N6O/c1-31-22(12-2-3-12)28-21(25)18-10-26-19-7-4-13(11-30(18)19)16-9-27-29-20(16)15-6-5-14(23)8-17(15)24/h4-12,19,25-26H,2-3H2,1H3,(H,27,29). The molecule has 0 spiro atoms. The molecule has 1 atom stereocenters. The average molecular weight is 422 g/mol. The topological polar surface area (TPSA) is 89.4 Å². The number of hydrogen-bond donors (Lipinski definition) is 3. The Morgan fingerprint density at radius 1 is 1.29 bits per heavy atom. The molecule has 7 nitrogen and oxygen atoms in total. The molecule has 0 saturated heterocycles. The molecule has 2 aliphatic heterocycles. The molecule has 9 heteroatoms. The molecule has 0 radical (unpaired) electrons. The van der Waals surface area contributed by atoms with Crippen LogP contribution in [-0.2, 0) is 4.74 Å². The summed E-state index contributed by atoms with van der Waals surface area (Å²) in [6, 6.07) is 3.44. The van der Waals surface area contributed by atoms with Gasteiger partial charge in [0.25, 0.3) is 0 Å². The highest BCUT2D eigenvalue weighted by molar-refractivity contribution is 6.04. The normalized spacial score (nSPS) is 20.2. The highest BCUT2D eigenvalue weighted by Gasteiger charge is 2.32. The minimum absolute atomic E-state index is 0.0987. The van der Waals surface area contributed by atoms with Crippen molar-refractivity contribution in [2.75, 3.05) is 7.11 Å². The number of allylic oxidation sites excluding steroid dienone is 2. The molecule has 31 heavy (non-hydrogen) atoms. The quantitative estimate of drug-likeness (QED) is 0.517. The Morgan fingerprint density at radius 3 is 2.87 bits per heavy atom. The van der Waals surface area contributed by atoms with E-state index >= 15 is 0 Å². The Labute approximate surface area is 177 Å². The zero-order valence-electron chi connectivity index (χ0n) is 16.7. The zero-order chi connectivity index (χ0) is 21.5. The fourth-order valence-corrected chi connectivity index (χ4v) is 3.71. The van der Waals surface area contributed by atoms with Gasteiger partial charge in [-0.15, -0.1) is 0 Å². The molecule has 2 aromatic rings. The summed E-state index contributed by atoms with van der Waals surface area (Å²) in [5.41, 5.74) is 2.71. The summed E-state index contributed by atoms with van der Waals surface area (Å²) in [7, 11) is 1.57. The number of aromatic amines is 1. The van der Waals surface area contributed by atoms with Gasteiger partial charge in [-0.1, -0.05) is 6.08 Å². The van der Waals surface area contributed by atoms with E-state index in [1.807, 2.05) is 23.3 Å². The van der Waals surface area contributed by atoms with Gasteiger partial charge in [0.2, 0.25) is 0 Å². The molecule has 1 saturated carbocycles. The van der Waals surface area contributed by atoms with E-state index in [4.69, 9.17) is 10.1 Å². The molecule has 3 aliphatic rings. The monoisotopic (exact) mass is 422 g/mol. The lowest BCUT2D eigenvalue weighted by molar-refractivity contribution is 0.386. The molecular formula is C22H20F2N6O. The second-order valence-electron chi connectivity index (χ2n) is 7.55. The number of H-pyrrole nitrogens is 1. The van der Waals surface area contributed by atoms with Crippen LogP contribution in [0.15, 0.2) is 59.6 Å². The van der Waals surface area contributed by atoms with E-state index in [1.165, 1.54) is 12.1 Å². The maximum atomic E-state index is 14.4. The number of ether oxygens (including phenoxy) is 1. The number of methoxy groups -OCH3 is 1. The van der Waals surface area contributed by atoms with Gasteiger partial charge in [-0.3, -0.25) is 10.5 Å². The Morgan fingerprint density at radius 2 is 2.13 bits per heavy atom. The Balaban J connectivity index is 1.46. The van der Waals surface area contributed by atoms with Gasteiger partial charge in [0.15, 0.2) is 11.7 Å². The maximum absolute atomic E-state index is 14.4. The molecule has 158 valence electrons. The van der Waals surface area contributed by atoms with E-state index in [1.54, 1.807) is 19.5 Å². The van der Waals surface area contributed by atoms with Gasteiger partial charge in [-0.05, 0) is 31.1 Å². The van der Waals surface area contributed by atoms with Crippen LogP contribution in [0.2, 0.25) is 0 Å². The third-order valence-corrected chi connectivity index (χ3v) is 5.46. The van der Waals surface area contributed by atoms with E-state index in [0.29, 0.717) is 28.8 Å². The van der Waals surface area contributed by atoms with Crippen LogP contribution in [0.3, 0.4) is 0 Å². The average Bonchev–Trinajstić information content (AvgIpc) is 3.33. The van der Waals surface area contributed by atoms with Crippen LogP contribution in [-0.4, -0.2) is 40.1 Å². The predicted molar refractivity (Wildman–Crippen MR) is 113 cm³/mol. The Kier molecular flexibility index (Phi) is 4.65. The highest BCUT2D eigenvalue weighted by Crippen LogP contribution is 2.34. The van der Waals surface area contributed by atoms with Crippen LogP contribution >= 0.6 is 0 Å². The number of halogens is 2. The molecule has 0 amide bonds. The first-order valence-electron chi connectivity index (χ1n) is 9.90. The molecule has 1 aromatic carbocycles. The molecule has 5 rings (SSSR count). The van der Waals surface area contributed by atoms with Crippen molar-refractivity contribution >= 4 is 17.3 Å². The number of amidine groups is 1. The summed E-state index contributed by atoms with van der Waals surface area (Å²) in [5, 5.41) is 18.5. The fourth-order valence-electron chi connectivity index (χ4n) is 3.71. The first-order valence-corrected chi connectivity index (χ1v) is 9.90. The van der Waals surface area contributed by atoms with Crippen molar-refractivity contribution in [1.29, 1.82) is 5.41 Å². The van der Waals surface area contributed by atoms with Crippen LogP contribution in [0, 0.1) is 23.0 Å². The minimum atomic E-state index is -0.671. The fraction of sp³-hybridized carbons (Fsp3) is 0.227. The molecule has 3 N–H and O–H groups in total. The van der Waals surface area contributed by atoms with E-state index in [2.05, 4.69) is 20.5 Å². The molecule has 0 bridgehead atoms. The van der Waals surface area contributed by atoms with Crippen LogP contribution in [0.1, 0.15) is 18.4 Å². The number of rotatable bonds is 4. The first-order chi connectivity index (χ1) is 15.0. The van der Waals surface area contributed by atoms with Crippen LogP contribution in [0.5, 0.6) is 0 Å². The van der Waals surface area contributed by atoms with Crippen LogP contribution in [0.4, 0.5) is 8.78 Å². The summed E-state index contributed by atoms with van der Waals surface area (Å²) in [4.78, 5) is 6.26. The second kappa shape index (κ2) is 7.50. The summed E-state index contributed by atoms with van der Waals surface area (Å²) >= 11 is 0. The lowest BCUT2D eigenvalue weighted by atomic mass is 10.00. The molecular weight excluding hydrogens is 402 g/mol. The zero-order valence-corrected chi connectivity index (χ0v) is 16.7. The molecule has 3 heterocycles. The maximum Gasteiger partial charge on any atom is 0.192 e. The van der Waals surface area contributed by atoms with Crippen molar-refractivity contribution in [2.45, 2.75) is 19.0 Å². The highest BCUT2D eigenvalue weighted by atomic mass is 19.1. The number of aromatic nitrogens is 2. The van der Waals surface area contributed by atoms with E-state index in [0.717, 1.165) is 24.5 Å². The van der Waals surface area contributed by atoms with E-state index < -0.39 is 11.6 Å². The van der Waals surface area contributed by atoms with Crippen molar-refractivity contribution in [2.24, 2.45) is 10.9 Å². The molecule has 1 aromatic heterocycles. The van der Waals surface area contributed by atoms with Gasteiger partial charge >= 0.3 is 0 Å². The van der Waals surface area contributed by atoms with Gasteiger partial charge in [0.05, 0.1) is 19.0 Å². The van der Waals surface area contributed by atoms with Crippen molar-refractivity contribution in [3.05, 3.63) is 71.8 Å². The number of fused-ring (bicyclic) bond motifs is 1. The first kappa shape index (κ1) is 19.2. The van der Waals surface area contributed by atoms with Gasteiger partial charge < -0.3 is 15.0 Å². The summed E-state index contributed by atoms with van der Waals surface area (Å²) in [6.07, 6.45) is 10.9. The summed E-state index contributed by atoms with van der Waals surface area (Å²) < 4.78 is 33.0. The SMILES string of the molecule is COC(=NC(=N)C1=CNC2C=CC(c3cn[nH]c3-c3ccc(F)cc3F)=CN12)C1CC1. The summed E-state index contributed by atoms with van der Waals surface area (Å²) in [6.45, 7) is 0. The van der Waals surface area contributed by atoms with Crippen LogP contribution in [0.25, 0.3) is 16.8 Å². The largest absolute Gasteiger partial charge is 0.484 e. The Bertz CT molecular complexity index is 1170. The van der Waals surface area contributed by atoms with E-state index in [9.17, 15) is 8.78 Å². The van der Waals surface area contributed by atoms with Gasteiger partial charge in [-0.25, -0.2) is 8.78 Å². The second-order valence-corrected chi connectivity index (χ2v) is 7.55. The lowest BCUT2D eigenvalue weighted by Gasteiger charge is -2.27. The van der Waals surface area contributed by atoms with Gasteiger partial charge in [0, 0.05) is 41.1 Å². The van der Waals surface area contributed by atoms with E-state index in [-0.39, 0.29) is 17.6 Å². The van der Waals surface area contributed by atoms with Crippen molar-refractivity contribution in [1.82, 2.24) is 20.4 Å². The van der Waals surface area contributed by atoms with Crippen molar-refractivity contribution < 1.29 is 13.5 Å². The molecule has 1 aliphatic carbocycles. The number of nitrogens with one attached hydrogen (secondary N) is 3. The summed E-state index contributed by atoms with van der Waals surface area (Å²) in [5.74, 6) is -0.338. The van der Waals surface area contributed by atoms with Crippen LogP contribution < -0.4 is 5.32 Å². The number of hydrogen-bond acceptors (Lipinski definition) is 5. The van der Waals surface area contributed by atoms with Gasteiger partial charge in [-0.2, -0.15) is 10.1 Å². The van der Waals surface area contributed by atoms with Crippen molar-refractivity contribution in [3.63, 3.8) is 0 Å². The lowest BCUT2D eigenvalue weighted by Crippen LogP contribution is -2.34. The van der Waals surface area contributed by atoms with Crippen molar-refractivity contribution in [3.8, 4) is 11.3 Å². The smallest absolute Gasteiger partial charge is 0.192 e. The number of benzene rings is 1. The molecule has 1 unspecified atom stereocenters. The van der Waals surface area contributed by atoms with Gasteiger partial charge in [0.1, 0.15) is 23.5 Å². The third-order valence-electron chi connectivity index (χ3n) is 5.46. The Hall–Kier alpha value is -3.75. The molecule has 1 fully saturated rings. The number of nitrogens with zero attached hydrogens (tertiary/aromatic N) is 3. The predicted octanol–water partition coefficient (Wildman–Crippen LogP) is 3.77. The third kappa shape index (κ3) is 3.52. The number of aliphatic imine (C=N–C) groups is 1. The minimum Gasteiger partial charge on any atom is -0.484 e.